The second-order valence-corrected chi connectivity index (χ2v) is 8.38. The zero-order valence-corrected chi connectivity index (χ0v) is 18.3. The first-order valence-electron chi connectivity index (χ1n) is 10.0. The van der Waals surface area contributed by atoms with E-state index in [-0.39, 0.29) is 17.8 Å². The van der Waals surface area contributed by atoms with Crippen molar-refractivity contribution in [2.75, 3.05) is 11.4 Å². The topological polar surface area (TPSA) is 71.3 Å². The molecule has 0 aliphatic heterocycles. The number of amides is 1. The number of carbonyl (C=O) groups excluding carboxylic acids is 1. The second-order valence-electron chi connectivity index (χ2n) is 7.65. The summed E-state index contributed by atoms with van der Waals surface area (Å²) in [5.74, 6) is 1.59. The Labute approximate surface area is 180 Å². The van der Waals surface area contributed by atoms with Crippen LogP contribution in [0.15, 0.2) is 47.1 Å². The zero-order valence-electron chi connectivity index (χ0n) is 17.5. The Bertz CT molecular complexity index is 925. The molecule has 1 unspecified atom stereocenters. The summed E-state index contributed by atoms with van der Waals surface area (Å²) in [7, 11) is 0. The molecule has 1 atom stereocenters. The normalized spacial score (nSPS) is 12.2. The summed E-state index contributed by atoms with van der Waals surface area (Å²) in [5.41, 5.74) is 0.945. The maximum absolute atomic E-state index is 13.1. The van der Waals surface area contributed by atoms with E-state index in [0.29, 0.717) is 37.7 Å². The van der Waals surface area contributed by atoms with Gasteiger partial charge in [-0.05, 0) is 42.7 Å². The largest absolute Gasteiger partial charge is 0.467 e. The number of benzene rings is 1. The Morgan fingerprint density at radius 3 is 2.67 bits per heavy atom. The molecule has 2 aromatic heterocycles. The summed E-state index contributed by atoms with van der Waals surface area (Å²) < 4.78 is 23.0. The van der Waals surface area contributed by atoms with Gasteiger partial charge in [0.05, 0.1) is 12.8 Å². The first-order valence-corrected chi connectivity index (χ1v) is 10.8. The number of furan rings is 1. The Hall–Kier alpha value is -2.74. The van der Waals surface area contributed by atoms with Crippen LogP contribution >= 0.6 is 11.5 Å². The summed E-state index contributed by atoms with van der Waals surface area (Å²) >= 11 is 1.29. The number of hydrogen-bond donors (Lipinski definition) is 1. The molecule has 160 valence electrons. The Balaban J connectivity index is 1.67. The van der Waals surface area contributed by atoms with Gasteiger partial charge in [0, 0.05) is 37.0 Å². The molecule has 0 saturated carbocycles. The number of aromatic nitrogens is 2. The molecule has 1 N–H and O–H groups in total. The van der Waals surface area contributed by atoms with Crippen molar-refractivity contribution in [3.8, 4) is 0 Å². The Kier molecular flexibility index (Phi) is 7.57. The van der Waals surface area contributed by atoms with Gasteiger partial charge >= 0.3 is 0 Å². The van der Waals surface area contributed by atoms with Gasteiger partial charge in [-0.2, -0.15) is 4.37 Å². The third-order valence-corrected chi connectivity index (χ3v) is 5.74. The maximum Gasteiger partial charge on any atom is 0.221 e. The second kappa shape index (κ2) is 10.3. The van der Waals surface area contributed by atoms with Gasteiger partial charge in [0.2, 0.25) is 11.0 Å². The highest BCUT2D eigenvalue weighted by Crippen LogP contribution is 2.22. The molecule has 3 aromatic rings. The lowest BCUT2D eigenvalue weighted by Gasteiger charge is -2.22. The van der Waals surface area contributed by atoms with Crippen LogP contribution in [0.4, 0.5) is 9.52 Å². The fourth-order valence-corrected chi connectivity index (χ4v) is 3.50. The highest BCUT2D eigenvalue weighted by Gasteiger charge is 2.17. The molecule has 3 rings (SSSR count). The molecule has 1 amide bonds. The van der Waals surface area contributed by atoms with Crippen LogP contribution in [0.25, 0.3) is 0 Å². The minimum atomic E-state index is -0.264. The molecule has 30 heavy (non-hydrogen) atoms. The number of hydrogen-bond acceptors (Lipinski definition) is 6. The van der Waals surface area contributed by atoms with E-state index in [0.717, 1.165) is 16.5 Å². The highest BCUT2D eigenvalue weighted by molar-refractivity contribution is 7.09. The molecule has 0 fully saturated rings. The minimum Gasteiger partial charge on any atom is -0.467 e. The van der Waals surface area contributed by atoms with Crippen molar-refractivity contribution < 1.29 is 13.6 Å². The van der Waals surface area contributed by atoms with Crippen LogP contribution in [-0.4, -0.2) is 27.9 Å². The van der Waals surface area contributed by atoms with Gasteiger partial charge < -0.3 is 14.6 Å². The van der Waals surface area contributed by atoms with Crippen molar-refractivity contribution in [2.24, 2.45) is 5.92 Å². The lowest BCUT2D eigenvalue weighted by atomic mass is 10.1. The average Bonchev–Trinajstić information content (AvgIpc) is 3.39. The fourth-order valence-electron chi connectivity index (χ4n) is 2.79. The predicted octanol–water partition coefficient (Wildman–Crippen LogP) is 4.42. The summed E-state index contributed by atoms with van der Waals surface area (Å²) in [6.45, 7) is 7.18. The summed E-state index contributed by atoms with van der Waals surface area (Å²) in [4.78, 5) is 19.0. The van der Waals surface area contributed by atoms with Gasteiger partial charge in [-0.3, -0.25) is 4.79 Å². The summed E-state index contributed by atoms with van der Waals surface area (Å²) in [5, 5.41) is 3.76. The van der Waals surface area contributed by atoms with E-state index in [2.05, 4.69) is 28.5 Å². The van der Waals surface area contributed by atoms with Gasteiger partial charge in [0.15, 0.2) is 0 Å². The van der Waals surface area contributed by atoms with Crippen molar-refractivity contribution in [1.29, 1.82) is 0 Å². The van der Waals surface area contributed by atoms with Gasteiger partial charge in [0.1, 0.15) is 17.4 Å². The maximum atomic E-state index is 13.1. The molecule has 0 aliphatic carbocycles. The summed E-state index contributed by atoms with van der Waals surface area (Å²) in [6, 6.07) is 10.2. The van der Waals surface area contributed by atoms with Gasteiger partial charge in [-0.1, -0.05) is 26.0 Å². The Morgan fingerprint density at radius 1 is 1.23 bits per heavy atom. The van der Waals surface area contributed by atoms with E-state index in [1.54, 1.807) is 18.4 Å². The molecule has 0 bridgehead atoms. The Morgan fingerprint density at radius 2 is 2.00 bits per heavy atom. The molecule has 1 aromatic carbocycles. The molecule has 2 heterocycles. The van der Waals surface area contributed by atoms with Crippen molar-refractivity contribution in [1.82, 2.24) is 14.7 Å². The van der Waals surface area contributed by atoms with Crippen LogP contribution in [0.1, 0.15) is 44.3 Å². The summed E-state index contributed by atoms with van der Waals surface area (Å²) in [6.07, 6.45) is 2.51. The van der Waals surface area contributed by atoms with Crippen LogP contribution in [0.3, 0.4) is 0 Å². The standard InChI is InChI=1S/C22H27FN4O2S/c1-15(2)16(3)24-21(28)10-11-27(14-19-5-4-12-29-19)22-25-20(26-30-22)13-17-6-8-18(23)9-7-17/h4-9,12,15-16H,10-11,13-14H2,1-3H3,(H,24,28). The third kappa shape index (κ3) is 6.38. The molecular weight excluding hydrogens is 403 g/mol. The number of carbonyl (C=O) groups is 1. The van der Waals surface area contributed by atoms with Gasteiger partial charge in [0.25, 0.3) is 0 Å². The fraction of sp³-hybridized carbons (Fsp3) is 0.409. The molecule has 0 radical (unpaired) electrons. The lowest BCUT2D eigenvalue weighted by molar-refractivity contribution is -0.121. The van der Waals surface area contributed by atoms with Crippen LogP contribution < -0.4 is 10.2 Å². The van der Waals surface area contributed by atoms with Crippen LogP contribution in [0.2, 0.25) is 0 Å². The van der Waals surface area contributed by atoms with Crippen LogP contribution in [0.5, 0.6) is 0 Å². The van der Waals surface area contributed by atoms with Crippen molar-refractivity contribution in [3.05, 3.63) is 65.6 Å². The van der Waals surface area contributed by atoms with E-state index in [1.165, 1.54) is 23.7 Å². The van der Waals surface area contributed by atoms with Crippen molar-refractivity contribution in [3.63, 3.8) is 0 Å². The van der Waals surface area contributed by atoms with Gasteiger partial charge in [-0.25, -0.2) is 9.37 Å². The van der Waals surface area contributed by atoms with E-state index in [1.807, 2.05) is 24.0 Å². The third-order valence-electron chi connectivity index (χ3n) is 4.93. The number of nitrogens with one attached hydrogen (secondary N) is 1. The van der Waals surface area contributed by atoms with E-state index >= 15 is 0 Å². The van der Waals surface area contributed by atoms with E-state index < -0.39 is 0 Å². The van der Waals surface area contributed by atoms with Crippen molar-refractivity contribution >= 4 is 22.6 Å². The van der Waals surface area contributed by atoms with Crippen LogP contribution in [-0.2, 0) is 17.8 Å². The highest BCUT2D eigenvalue weighted by atomic mass is 32.1. The van der Waals surface area contributed by atoms with Gasteiger partial charge in [-0.15, -0.1) is 0 Å². The first-order chi connectivity index (χ1) is 14.4. The quantitative estimate of drug-likeness (QED) is 0.516. The molecule has 8 heteroatoms. The first kappa shape index (κ1) is 22.0. The monoisotopic (exact) mass is 430 g/mol. The molecule has 0 spiro atoms. The molecule has 6 nitrogen and oxygen atoms in total. The lowest BCUT2D eigenvalue weighted by Crippen LogP contribution is -2.38. The zero-order chi connectivity index (χ0) is 21.5. The van der Waals surface area contributed by atoms with E-state index in [9.17, 15) is 9.18 Å². The molecule has 0 saturated heterocycles. The average molecular weight is 431 g/mol. The number of rotatable bonds is 10. The van der Waals surface area contributed by atoms with Crippen molar-refractivity contribution in [2.45, 2.75) is 46.2 Å². The van der Waals surface area contributed by atoms with E-state index in [4.69, 9.17) is 4.42 Å². The number of nitrogens with zero attached hydrogens (tertiary/aromatic N) is 3. The number of anilines is 1. The SMILES string of the molecule is CC(C)C(C)NC(=O)CCN(Cc1ccco1)c1nc(Cc2ccc(F)cc2)ns1. The molecule has 0 aliphatic rings. The van der Waals surface area contributed by atoms with Crippen LogP contribution in [0, 0.1) is 11.7 Å². The predicted molar refractivity (Wildman–Crippen MR) is 116 cm³/mol. The smallest absolute Gasteiger partial charge is 0.221 e. The number of halogens is 1. The molecular formula is C22H27FN4O2S. The minimum absolute atomic E-state index is 0.0108.